The zero-order chi connectivity index (χ0) is 9.14. The Labute approximate surface area is 71.4 Å². The highest BCUT2D eigenvalue weighted by molar-refractivity contribution is 5.06. The fraction of sp³-hybridized carbons (Fsp3) is 0.625. The van der Waals surface area contributed by atoms with Crippen LogP contribution < -0.4 is 5.73 Å². The van der Waals surface area contributed by atoms with Crippen LogP contribution in [0.25, 0.3) is 0 Å². The standard InChI is InChI=1S/C8H14N2O2/c1-5-6(2)12-8(10-5)7(11)3-4-9/h7,11H,3-4,9H2,1-2H3. The minimum absolute atomic E-state index is 0.371. The molecule has 1 heterocycles. The number of nitrogens with zero attached hydrogens (tertiary/aromatic N) is 1. The van der Waals surface area contributed by atoms with Crippen molar-refractivity contribution in [2.45, 2.75) is 26.4 Å². The van der Waals surface area contributed by atoms with Crippen molar-refractivity contribution in [1.29, 1.82) is 0 Å². The van der Waals surface area contributed by atoms with Gasteiger partial charge in [-0.3, -0.25) is 0 Å². The molecule has 68 valence electrons. The van der Waals surface area contributed by atoms with Crippen LogP contribution in [0.3, 0.4) is 0 Å². The van der Waals surface area contributed by atoms with Crippen LogP contribution in [0.4, 0.5) is 0 Å². The summed E-state index contributed by atoms with van der Waals surface area (Å²) in [5, 5.41) is 9.42. The van der Waals surface area contributed by atoms with E-state index in [2.05, 4.69) is 4.98 Å². The van der Waals surface area contributed by atoms with E-state index < -0.39 is 6.10 Å². The minimum atomic E-state index is -0.664. The molecule has 0 fully saturated rings. The fourth-order valence-corrected chi connectivity index (χ4v) is 0.921. The Balaban J connectivity index is 2.74. The molecule has 0 aliphatic rings. The first-order chi connectivity index (χ1) is 5.65. The molecule has 0 saturated carbocycles. The summed E-state index contributed by atoms with van der Waals surface area (Å²) in [6.07, 6.45) is -0.179. The van der Waals surface area contributed by atoms with Crippen molar-refractivity contribution in [1.82, 2.24) is 4.98 Å². The van der Waals surface area contributed by atoms with Crippen LogP contribution in [0.2, 0.25) is 0 Å². The molecule has 12 heavy (non-hydrogen) atoms. The summed E-state index contributed by atoms with van der Waals surface area (Å²) >= 11 is 0. The van der Waals surface area contributed by atoms with Crippen molar-refractivity contribution in [3.8, 4) is 0 Å². The van der Waals surface area contributed by atoms with E-state index in [9.17, 15) is 5.11 Å². The lowest BCUT2D eigenvalue weighted by molar-refractivity contribution is 0.135. The van der Waals surface area contributed by atoms with Crippen LogP contribution >= 0.6 is 0 Å². The van der Waals surface area contributed by atoms with Gasteiger partial charge in [0.05, 0.1) is 5.69 Å². The number of rotatable bonds is 3. The average Bonchev–Trinajstić information content (AvgIpc) is 2.33. The predicted octanol–water partition coefficient (Wildman–Crippen LogP) is 0.674. The second kappa shape index (κ2) is 3.69. The largest absolute Gasteiger partial charge is 0.443 e. The molecule has 1 unspecified atom stereocenters. The molecule has 0 spiro atoms. The van der Waals surface area contributed by atoms with Gasteiger partial charge in [-0.05, 0) is 26.8 Å². The van der Waals surface area contributed by atoms with Crippen molar-refractivity contribution in [3.05, 3.63) is 17.3 Å². The molecule has 0 bridgehead atoms. The number of hydrogen-bond acceptors (Lipinski definition) is 4. The van der Waals surface area contributed by atoms with Crippen LogP contribution in [0.15, 0.2) is 4.42 Å². The van der Waals surface area contributed by atoms with Gasteiger partial charge in [-0.15, -0.1) is 0 Å². The van der Waals surface area contributed by atoms with Gasteiger partial charge in [-0.2, -0.15) is 0 Å². The summed E-state index contributed by atoms with van der Waals surface area (Å²) in [7, 11) is 0. The lowest BCUT2D eigenvalue weighted by atomic mass is 10.2. The quantitative estimate of drug-likeness (QED) is 0.699. The summed E-state index contributed by atoms with van der Waals surface area (Å²) in [5.41, 5.74) is 6.10. The fourth-order valence-electron chi connectivity index (χ4n) is 0.921. The van der Waals surface area contributed by atoms with Crippen LogP contribution in [0.5, 0.6) is 0 Å². The SMILES string of the molecule is Cc1nc(C(O)CCN)oc1C. The molecule has 3 N–H and O–H groups in total. The number of aliphatic hydroxyl groups is 1. The first kappa shape index (κ1) is 9.22. The van der Waals surface area contributed by atoms with Gasteiger partial charge in [0.1, 0.15) is 11.9 Å². The maximum Gasteiger partial charge on any atom is 0.223 e. The van der Waals surface area contributed by atoms with Crippen molar-refractivity contribution in [3.63, 3.8) is 0 Å². The molecule has 1 aromatic heterocycles. The Morgan fingerprint density at radius 3 is 2.67 bits per heavy atom. The molecule has 4 heteroatoms. The van der Waals surface area contributed by atoms with Gasteiger partial charge in [0.2, 0.25) is 5.89 Å². The van der Waals surface area contributed by atoms with Crippen molar-refractivity contribution < 1.29 is 9.52 Å². The maximum absolute atomic E-state index is 9.42. The minimum Gasteiger partial charge on any atom is -0.443 e. The van der Waals surface area contributed by atoms with Gasteiger partial charge in [0.15, 0.2) is 0 Å². The van der Waals surface area contributed by atoms with Gasteiger partial charge < -0.3 is 15.3 Å². The number of oxazole rings is 1. The Morgan fingerprint density at radius 2 is 2.25 bits per heavy atom. The van der Waals surface area contributed by atoms with Crippen LogP contribution in [-0.4, -0.2) is 16.6 Å². The number of aliphatic hydroxyl groups excluding tert-OH is 1. The van der Waals surface area contributed by atoms with Crippen molar-refractivity contribution in [2.24, 2.45) is 5.73 Å². The summed E-state index contributed by atoms with van der Waals surface area (Å²) in [6.45, 7) is 4.10. The van der Waals surface area contributed by atoms with Crippen molar-refractivity contribution in [2.75, 3.05) is 6.54 Å². The summed E-state index contributed by atoms with van der Waals surface area (Å²) < 4.78 is 5.21. The van der Waals surface area contributed by atoms with E-state index in [1.807, 2.05) is 13.8 Å². The summed E-state index contributed by atoms with van der Waals surface area (Å²) in [5.74, 6) is 1.12. The number of aryl methyl sites for hydroxylation is 2. The third-order valence-electron chi connectivity index (χ3n) is 1.77. The lowest BCUT2D eigenvalue weighted by Gasteiger charge is -2.02. The Kier molecular flexibility index (Phi) is 2.83. The van der Waals surface area contributed by atoms with Gasteiger partial charge in [0.25, 0.3) is 0 Å². The highest BCUT2D eigenvalue weighted by atomic mass is 16.4. The highest BCUT2D eigenvalue weighted by Crippen LogP contribution is 2.17. The Hall–Kier alpha value is -0.870. The van der Waals surface area contributed by atoms with Gasteiger partial charge >= 0.3 is 0 Å². The van der Waals surface area contributed by atoms with Gasteiger partial charge in [0, 0.05) is 0 Å². The molecule has 1 aromatic rings. The van der Waals surface area contributed by atoms with E-state index in [1.54, 1.807) is 0 Å². The molecule has 0 aromatic carbocycles. The number of nitrogens with two attached hydrogens (primary N) is 1. The molecule has 1 rings (SSSR count). The van der Waals surface area contributed by atoms with E-state index >= 15 is 0 Å². The Bertz CT molecular complexity index is 238. The molecule has 4 nitrogen and oxygen atoms in total. The van der Waals surface area contributed by atoms with Gasteiger partial charge in [-0.25, -0.2) is 4.98 Å². The number of hydrogen-bond donors (Lipinski definition) is 2. The monoisotopic (exact) mass is 170 g/mol. The molecule has 1 atom stereocenters. The predicted molar refractivity (Wildman–Crippen MR) is 44.6 cm³/mol. The number of aromatic nitrogens is 1. The first-order valence-electron chi connectivity index (χ1n) is 3.97. The van der Waals surface area contributed by atoms with Crippen LogP contribution in [0.1, 0.15) is 29.9 Å². The highest BCUT2D eigenvalue weighted by Gasteiger charge is 2.13. The van der Waals surface area contributed by atoms with E-state index in [0.29, 0.717) is 18.9 Å². The molecular weight excluding hydrogens is 156 g/mol. The van der Waals surface area contributed by atoms with E-state index in [0.717, 1.165) is 11.5 Å². The molecule has 0 saturated heterocycles. The smallest absolute Gasteiger partial charge is 0.223 e. The maximum atomic E-state index is 9.42. The third kappa shape index (κ3) is 1.84. The van der Waals surface area contributed by atoms with E-state index in [1.165, 1.54) is 0 Å². The second-order valence-electron chi connectivity index (χ2n) is 2.79. The van der Waals surface area contributed by atoms with E-state index in [-0.39, 0.29) is 0 Å². The zero-order valence-corrected chi connectivity index (χ0v) is 7.37. The first-order valence-corrected chi connectivity index (χ1v) is 3.97. The second-order valence-corrected chi connectivity index (χ2v) is 2.79. The van der Waals surface area contributed by atoms with Crippen molar-refractivity contribution >= 4 is 0 Å². The molecule has 0 amide bonds. The topological polar surface area (TPSA) is 72.3 Å². The summed E-state index contributed by atoms with van der Waals surface area (Å²) in [6, 6.07) is 0. The van der Waals surface area contributed by atoms with E-state index in [4.69, 9.17) is 10.2 Å². The third-order valence-corrected chi connectivity index (χ3v) is 1.77. The zero-order valence-electron chi connectivity index (χ0n) is 7.37. The molecule has 0 radical (unpaired) electrons. The van der Waals surface area contributed by atoms with Crippen LogP contribution in [0, 0.1) is 13.8 Å². The van der Waals surface area contributed by atoms with Crippen LogP contribution in [-0.2, 0) is 0 Å². The molecular formula is C8H14N2O2. The normalized spacial score (nSPS) is 13.3. The summed E-state index contributed by atoms with van der Waals surface area (Å²) in [4.78, 5) is 4.06. The molecule has 0 aliphatic heterocycles. The Morgan fingerprint density at radius 1 is 1.58 bits per heavy atom. The average molecular weight is 170 g/mol. The lowest BCUT2D eigenvalue weighted by Crippen LogP contribution is -2.06. The van der Waals surface area contributed by atoms with Gasteiger partial charge in [-0.1, -0.05) is 0 Å². The molecule has 0 aliphatic carbocycles.